The van der Waals surface area contributed by atoms with E-state index >= 15 is 0 Å². The molecule has 1 amide bonds. The lowest BCUT2D eigenvalue weighted by Gasteiger charge is -2.10. The number of anilines is 1. The second kappa shape index (κ2) is 7.18. The maximum Gasteiger partial charge on any atom is 0.320 e. The van der Waals surface area contributed by atoms with Gasteiger partial charge in [-0.1, -0.05) is 42.1 Å². The SMILES string of the molecule is Cn1ncc([N+](=O)[O-])c1C(=O)Nc1ccccc1Sc1ccccc1. The van der Waals surface area contributed by atoms with Crippen molar-refractivity contribution in [2.75, 3.05) is 5.32 Å². The number of amides is 1. The molecule has 0 aliphatic carbocycles. The number of nitrogens with zero attached hydrogens (tertiary/aromatic N) is 3. The Morgan fingerprint density at radius 1 is 1.16 bits per heavy atom. The van der Waals surface area contributed by atoms with Gasteiger partial charge in [0.25, 0.3) is 5.91 Å². The zero-order chi connectivity index (χ0) is 17.8. The van der Waals surface area contributed by atoms with E-state index in [0.29, 0.717) is 5.69 Å². The number of hydrogen-bond donors (Lipinski definition) is 1. The van der Waals surface area contributed by atoms with Crippen LogP contribution in [-0.2, 0) is 7.05 Å². The van der Waals surface area contributed by atoms with E-state index in [1.165, 1.54) is 23.5 Å². The lowest BCUT2D eigenvalue weighted by molar-refractivity contribution is -0.385. The highest BCUT2D eigenvalue weighted by Gasteiger charge is 2.26. The topological polar surface area (TPSA) is 90.1 Å². The Labute approximate surface area is 147 Å². The summed E-state index contributed by atoms with van der Waals surface area (Å²) in [6.45, 7) is 0. The molecule has 3 rings (SSSR count). The largest absolute Gasteiger partial charge is 0.320 e. The Balaban J connectivity index is 1.88. The minimum Gasteiger partial charge on any atom is -0.319 e. The van der Waals surface area contributed by atoms with Crippen molar-refractivity contribution in [2.24, 2.45) is 7.05 Å². The number of aryl methyl sites for hydroxylation is 1. The Morgan fingerprint density at radius 3 is 2.56 bits per heavy atom. The lowest BCUT2D eigenvalue weighted by Crippen LogP contribution is -2.18. The molecule has 3 aromatic rings. The van der Waals surface area contributed by atoms with Crippen molar-refractivity contribution in [2.45, 2.75) is 9.79 Å². The van der Waals surface area contributed by atoms with E-state index < -0.39 is 10.8 Å². The van der Waals surface area contributed by atoms with Gasteiger partial charge in [0.05, 0.1) is 10.6 Å². The highest BCUT2D eigenvalue weighted by Crippen LogP contribution is 2.33. The third-order valence-corrected chi connectivity index (χ3v) is 4.52. The van der Waals surface area contributed by atoms with Crippen LogP contribution in [-0.4, -0.2) is 20.6 Å². The number of nitro groups is 1. The molecule has 1 aromatic heterocycles. The van der Waals surface area contributed by atoms with Crippen LogP contribution < -0.4 is 5.32 Å². The molecular formula is C17H14N4O3S. The van der Waals surface area contributed by atoms with Crippen molar-refractivity contribution in [1.29, 1.82) is 0 Å². The van der Waals surface area contributed by atoms with Gasteiger partial charge in [-0.05, 0) is 24.3 Å². The molecule has 1 heterocycles. The van der Waals surface area contributed by atoms with E-state index in [9.17, 15) is 14.9 Å². The molecule has 0 aliphatic heterocycles. The number of carbonyl (C=O) groups excluding carboxylic acids is 1. The number of carbonyl (C=O) groups is 1. The van der Waals surface area contributed by atoms with Crippen LogP contribution in [0.3, 0.4) is 0 Å². The van der Waals surface area contributed by atoms with Crippen LogP contribution >= 0.6 is 11.8 Å². The molecular weight excluding hydrogens is 340 g/mol. The Morgan fingerprint density at radius 2 is 1.84 bits per heavy atom. The first kappa shape index (κ1) is 16.7. The van der Waals surface area contributed by atoms with Crippen LogP contribution in [0.4, 0.5) is 11.4 Å². The second-order valence-electron chi connectivity index (χ2n) is 5.12. The van der Waals surface area contributed by atoms with Gasteiger partial charge in [-0.25, -0.2) is 0 Å². The van der Waals surface area contributed by atoms with Gasteiger partial charge in [0.1, 0.15) is 6.20 Å². The molecule has 25 heavy (non-hydrogen) atoms. The lowest BCUT2D eigenvalue weighted by atomic mass is 10.3. The van der Waals surface area contributed by atoms with Gasteiger partial charge >= 0.3 is 5.69 Å². The van der Waals surface area contributed by atoms with E-state index in [1.54, 1.807) is 12.1 Å². The monoisotopic (exact) mass is 354 g/mol. The number of aromatic nitrogens is 2. The molecule has 0 aliphatic rings. The van der Waals surface area contributed by atoms with Crippen LogP contribution in [0.25, 0.3) is 0 Å². The van der Waals surface area contributed by atoms with E-state index in [2.05, 4.69) is 10.4 Å². The number of rotatable bonds is 5. The zero-order valence-corrected chi connectivity index (χ0v) is 14.1. The summed E-state index contributed by atoms with van der Waals surface area (Å²) >= 11 is 1.50. The van der Waals surface area contributed by atoms with Gasteiger partial charge in [-0.2, -0.15) is 5.10 Å². The minimum atomic E-state index is -0.619. The molecule has 126 valence electrons. The summed E-state index contributed by atoms with van der Waals surface area (Å²) in [4.78, 5) is 24.9. The van der Waals surface area contributed by atoms with E-state index in [1.807, 2.05) is 42.5 Å². The Bertz CT molecular complexity index is 925. The minimum absolute atomic E-state index is 0.0930. The van der Waals surface area contributed by atoms with Crippen LogP contribution in [0.15, 0.2) is 70.6 Å². The third-order valence-electron chi connectivity index (χ3n) is 3.44. The van der Waals surface area contributed by atoms with E-state index in [0.717, 1.165) is 16.0 Å². The normalized spacial score (nSPS) is 10.4. The molecule has 1 N–H and O–H groups in total. The summed E-state index contributed by atoms with van der Waals surface area (Å²) < 4.78 is 1.19. The number of benzene rings is 2. The van der Waals surface area contributed by atoms with Crippen LogP contribution in [0, 0.1) is 10.1 Å². The summed E-state index contributed by atoms with van der Waals surface area (Å²) in [5.41, 5.74) is 0.162. The first-order valence-corrected chi connectivity index (χ1v) is 8.17. The van der Waals surface area contributed by atoms with Crippen molar-refractivity contribution in [3.8, 4) is 0 Å². The predicted molar refractivity (Wildman–Crippen MR) is 94.8 cm³/mol. The predicted octanol–water partition coefficient (Wildman–Crippen LogP) is 3.73. The molecule has 0 spiro atoms. The molecule has 0 saturated carbocycles. The summed E-state index contributed by atoms with van der Waals surface area (Å²) in [6.07, 6.45) is 1.07. The zero-order valence-electron chi connectivity index (χ0n) is 13.2. The van der Waals surface area contributed by atoms with Crippen molar-refractivity contribution < 1.29 is 9.72 Å². The molecule has 0 fully saturated rings. The van der Waals surface area contributed by atoms with Gasteiger partial charge < -0.3 is 5.32 Å². The van der Waals surface area contributed by atoms with Gasteiger partial charge in [-0.3, -0.25) is 19.6 Å². The third kappa shape index (κ3) is 3.69. The highest BCUT2D eigenvalue weighted by molar-refractivity contribution is 7.99. The molecule has 0 saturated heterocycles. The smallest absolute Gasteiger partial charge is 0.319 e. The molecule has 0 radical (unpaired) electrons. The van der Waals surface area contributed by atoms with Crippen LogP contribution in [0.2, 0.25) is 0 Å². The molecule has 0 atom stereocenters. The van der Waals surface area contributed by atoms with Gasteiger partial charge in [0.15, 0.2) is 0 Å². The Hall–Kier alpha value is -3.13. The maximum atomic E-state index is 12.5. The standard InChI is InChI=1S/C17H14N4O3S/c1-20-16(14(11-18-20)21(23)24)17(22)19-13-9-5-6-10-15(13)25-12-7-3-2-4-8-12/h2-11H,1H3,(H,19,22). The maximum absolute atomic E-state index is 12.5. The number of para-hydroxylation sites is 1. The highest BCUT2D eigenvalue weighted by atomic mass is 32.2. The summed E-state index contributed by atoms with van der Waals surface area (Å²) in [5, 5.41) is 17.6. The summed E-state index contributed by atoms with van der Waals surface area (Å²) in [6, 6.07) is 17.0. The molecule has 0 unspecified atom stereocenters. The molecule has 7 nitrogen and oxygen atoms in total. The van der Waals surface area contributed by atoms with Crippen molar-refractivity contribution in [3.63, 3.8) is 0 Å². The van der Waals surface area contributed by atoms with Gasteiger partial charge in [0.2, 0.25) is 5.69 Å². The van der Waals surface area contributed by atoms with Crippen molar-refractivity contribution in [3.05, 3.63) is 76.6 Å². The Kier molecular flexibility index (Phi) is 4.80. The first-order valence-electron chi connectivity index (χ1n) is 7.36. The summed E-state index contributed by atoms with van der Waals surface area (Å²) in [5.74, 6) is -0.576. The average Bonchev–Trinajstić information content (AvgIpc) is 2.99. The second-order valence-corrected chi connectivity index (χ2v) is 6.24. The van der Waals surface area contributed by atoms with E-state index in [4.69, 9.17) is 0 Å². The fourth-order valence-corrected chi connectivity index (χ4v) is 3.20. The van der Waals surface area contributed by atoms with Crippen LogP contribution in [0.1, 0.15) is 10.5 Å². The molecule has 2 aromatic carbocycles. The molecule has 8 heteroatoms. The number of hydrogen-bond acceptors (Lipinski definition) is 5. The summed E-state index contributed by atoms with van der Waals surface area (Å²) in [7, 11) is 1.49. The fourth-order valence-electron chi connectivity index (χ4n) is 2.28. The first-order chi connectivity index (χ1) is 12.1. The number of nitrogens with one attached hydrogen (secondary N) is 1. The van der Waals surface area contributed by atoms with E-state index in [-0.39, 0.29) is 11.4 Å². The average molecular weight is 354 g/mol. The van der Waals surface area contributed by atoms with Crippen molar-refractivity contribution in [1.82, 2.24) is 9.78 Å². The molecule has 0 bridgehead atoms. The quantitative estimate of drug-likeness (QED) is 0.557. The van der Waals surface area contributed by atoms with Gasteiger partial charge in [0, 0.05) is 16.8 Å². The van der Waals surface area contributed by atoms with Crippen molar-refractivity contribution >= 4 is 29.0 Å². The van der Waals surface area contributed by atoms with Crippen LogP contribution in [0.5, 0.6) is 0 Å². The van der Waals surface area contributed by atoms with Gasteiger partial charge in [-0.15, -0.1) is 0 Å². The fraction of sp³-hybridized carbons (Fsp3) is 0.0588.